The summed E-state index contributed by atoms with van der Waals surface area (Å²) >= 11 is 3.45. The van der Waals surface area contributed by atoms with E-state index in [-0.39, 0.29) is 0 Å². The lowest BCUT2D eigenvalue weighted by Gasteiger charge is -2.08. The summed E-state index contributed by atoms with van der Waals surface area (Å²) in [5.41, 5.74) is 3.80. The lowest BCUT2D eigenvalue weighted by atomic mass is 10.2. The molecule has 0 aliphatic rings. The fourth-order valence-electron chi connectivity index (χ4n) is 1.74. The Kier molecular flexibility index (Phi) is 3.68. The summed E-state index contributed by atoms with van der Waals surface area (Å²) in [4.78, 5) is 0. The molecule has 1 N–H and O–H groups in total. The molecule has 1 heterocycles. The second kappa shape index (κ2) is 5.23. The van der Waals surface area contributed by atoms with Crippen LogP contribution in [0.2, 0.25) is 0 Å². The van der Waals surface area contributed by atoms with Gasteiger partial charge < -0.3 is 5.32 Å². The maximum absolute atomic E-state index is 8.80. The SMILES string of the molecule is Cc1nn(C)cc1CNc1ccc(C#N)cc1Br. The lowest BCUT2D eigenvalue weighted by Crippen LogP contribution is -2.00. The maximum atomic E-state index is 8.80. The topological polar surface area (TPSA) is 53.6 Å². The molecule has 0 bridgehead atoms. The molecule has 0 amide bonds. The highest BCUT2D eigenvalue weighted by Crippen LogP contribution is 2.24. The number of anilines is 1. The average Bonchev–Trinajstić information content (AvgIpc) is 2.66. The smallest absolute Gasteiger partial charge is 0.0992 e. The summed E-state index contributed by atoms with van der Waals surface area (Å²) in [6.07, 6.45) is 2.00. The van der Waals surface area contributed by atoms with Gasteiger partial charge in [-0.2, -0.15) is 10.4 Å². The van der Waals surface area contributed by atoms with Crippen molar-refractivity contribution in [3.8, 4) is 6.07 Å². The molecule has 0 saturated heterocycles. The molecule has 0 saturated carbocycles. The monoisotopic (exact) mass is 304 g/mol. The first-order chi connectivity index (χ1) is 8.60. The first-order valence-electron chi connectivity index (χ1n) is 5.53. The van der Waals surface area contributed by atoms with Crippen molar-refractivity contribution in [1.29, 1.82) is 5.26 Å². The van der Waals surface area contributed by atoms with Gasteiger partial charge in [-0.05, 0) is 41.1 Å². The zero-order valence-electron chi connectivity index (χ0n) is 10.2. The molecule has 92 valence electrons. The Morgan fingerprint density at radius 1 is 1.50 bits per heavy atom. The second-order valence-electron chi connectivity index (χ2n) is 4.07. The molecule has 2 rings (SSSR count). The third kappa shape index (κ3) is 2.71. The van der Waals surface area contributed by atoms with E-state index in [1.54, 1.807) is 16.8 Å². The average molecular weight is 305 g/mol. The minimum atomic E-state index is 0.644. The fourth-order valence-corrected chi connectivity index (χ4v) is 2.26. The van der Waals surface area contributed by atoms with Gasteiger partial charge in [0.1, 0.15) is 0 Å². The van der Waals surface area contributed by atoms with Crippen molar-refractivity contribution in [1.82, 2.24) is 9.78 Å². The largest absolute Gasteiger partial charge is 0.380 e. The van der Waals surface area contributed by atoms with Crippen molar-refractivity contribution < 1.29 is 0 Å². The van der Waals surface area contributed by atoms with Crippen LogP contribution in [0.1, 0.15) is 16.8 Å². The number of rotatable bonds is 3. The quantitative estimate of drug-likeness (QED) is 0.948. The van der Waals surface area contributed by atoms with E-state index >= 15 is 0 Å². The van der Waals surface area contributed by atoms with E-state index in [2.05, 4.69) is 32.4 Å². The Labute approximate surface area is 114 Å². The second-order valence-corrected chi connectivity index (χ2v) is 4.93. The maximum Gasteiger partial charge on any atom is 0.0992 e. The van der Waals surface area contributed by atoms with Crippen molar-refractivity contribution in [2.75, 3.05) is 5.32 Å². The van der Waals surface area contributed by atoms with Crippen molar-refractivity contribution in [2.24, 2.45) is 7.05 Å². The molecule has 0 fully saturated rings. The third-order valence-electron chi connectivity index (χ3n) is 2.68. The molecule has 0 atom stereocenters. The zero-order valence-corrected chi connectivity index (χ0v) is 11.8. The predicted molar refractivity (Wildman–Crippen MR) is 74.1 cm³/mol. The zero-order chi connectivity index (χ0) is 13.1. The van der Waals surface area contributed by atoms with Gasteiger partial charge in [-0.1, -0.05) is 0 Å². The van der Waals surface area contributed by atoms with Crippen LogP contribution in [0.15, 0.2) is 28.9 Å². The van der Waals surface area contributed by atoms with E-state index < -0.39 is 0 Å². The molecule has 18 heavy (non-hydrogen) atoms. The van der Waals surface area contributed by atoms with Gasteiger partial charge in [0.15, 0.2) is 0 Å². The van der Waals surface area contributed by atoms with E-state index in [0.29, 0.717) is 12.1 Å². The van der Waals surface area contributed by atoms with Gasteiger partial charge >= 0.3 is 0 Å². The van der Waals surface area contributed by atoms with Crippen molar-refractivity contribution in [2.45, 2.75) is 13.5 Å². The minimum absolute atomic E-state index is 0.644. The molecule has 0 aliphatic heterocycles. The summed E-state index contributed by atoms with van der Waals surface area (Å²) in [7, 11) is 1.91. The highest BCUT2D eigenvalue weighted by atomic mass is 79.9. The molecule has 0 spiro atoms. The number of halogens is 1. The van der Waals surface area contributed by atoms with Gasteiger partial charge in [-0.15, -0.1) is 0 Å². The van der Waals surface area contributed by atoms with Crippen LogP contribution in [-0.4, -0.2) is 9.78 Å². The van der Waals surface area contributed by atoms with Crippen molar-refractivity contribution in [3.05, 3.63) is 45.7 Å². The Bertz CT molecular complexity index is 610. The number of hydrogen-bond acceptors (Lipinski definition) is 3. The number of benzene rings is 1. The highest BCUT2D eigenvalue weighted by molar-refractivity contribution is 9.10. The van der Waals surface area contributed by atoms with Gasteiger partial charge in [-0.25, -0.2) is 0 Å². The van der Waals surface area contributed by atoms with Crippen molar-refractivity contribution in [3.63, 3.8) is 0 Å². The third-order valence-corrected chi connectivity index (χ3v) is 3.34. The van der Waals surface area contributed by atoms with Crippen LogP contribution in [0.4, 0.5) is 5.69 Å². The van der Waals surface area contributed by atoms with E-state index in [4.69, 9.17) is 5.26 Å². The molecule has 1 aromatic heterocycles. The van der Waals surface area contributed by atoms with Crippen LogP contribution in [-0.2, 0) is 13.6 Å². The Balaban J connectivity index is 2.11. The van der Waals surface area contributed by atoms with Crippen LogP contribution in [0.25, 0.3) is 0 Å². The molecular weight excluding hydrogens is 292 g/mol. The van der Waals surface area contributed by atoms with Crippen LogP contribution in [0, 0.1) is 18.3 Å². The van der Waals surface area contributed by atoms with Gasteiger partial charge in [0.25, 0.3) is 0 Å². The Hall–Kier alpha value is -1.80. The van der Waals surface area contributed by atoms with Gasteiger partial charge in [0.05, 0.1) is 17.3 Å². The number of aryl methyl sites for hydroxylation is 2. The summed E-state index contributed by atoms with van der Waals surface area (Å²) < 4.78 is 2.70. The fraction of sp³-hybridized carbons (Fsp3) is 0.231. The van der Waals surface area contributed by atoms with E-state index in [0.717, 1.165) is 21.4 Å². The lowest BCUT2D eigenvalue weighted by molar-refractivity contribution is 0.756. The van der Waals surface area contributed by atoms with Crippen LogP contribution in [0.3, 0.4) is 0 Å². The first-order valence-corrected chi connectivity index (χ1v) is 6.32. The molecule has 2 aromatic rings. The summed E-state index contributed by atoms with van der Waals surface area (Å²) in [6.45, 7) is 2.70. The normalized spacial score (nSPS) is 10.1. The highest BCUT2D eigenvalue weighted by Gasteiger charge is 2.05. The Morgan fingerprint density at radius 2 is 2.28 bits per heavy atom. The number of aromatic nitrogens is 2. The standard InChI is InChI=1S/C13H13BrN4/c1-9-11(8-18(2)17-9)7-16-13-4-3-10(6-15)5-12(13)14/h3-5,8,16H,7H2,1-2H3. The van der Waals surface area contributed by atoms with Gasteiger partial charge in [-0.3, -0.25) is 4.68 Å². The summed E-state index contributed by atoms with van der Waals surface area (Å²) in [6, 6.07) is 7.61. The van der Waals surface area contributed by atoms with E-state index in [1.165, 1.54) is 0 Å². The van der Waals surface area contributed by atoms with Crippen LogP contribution in [0.5, 0.6) is 0 Å². The molecule has 0 unspecified atom stereocenters. The van der Waals surface area contributed by atoms with E-state index in [1.807, 2.05) is 26.2 Å². The first kappa shape index (κ1) is 12.7. The van der Waals surface area contributed by atoms with Crippen molar-refractivity contribution >= 4 is 21.6 Å². The van der Waals surface area contributed by atoms with E-state index in [9.17, 15) is 0 Å². The van der Waals surface area contributed by atoms with Gasteiger partial charge in [0, 0.05) is 35.5 Å². The summed E-state index contributed by atoms with van der Waals surface area (Å²) in [5, 5.41) is 16.4. The predicted octanol–water partition coefficient (Wildman–Crippen LogP) is 2.97. The summed E-state index contributed by atoms with van der Waals surface area (Å²) in [5.74, 6) is 0. The Morgan fingerprint density at radius 3 is 2.83 bits per heavy atom. The molecule has 0 aliphatic carbocycles. The molecule has 0 radical (unpaired) electrons. The molecule has 1 aromatic carbocycles. The number of hydrogen-bond donors (Lipinski definition) is 1. The number of nitriles is 1. The molecule has 4 nitrogen and oxygen atoms in total. The number of nitrogens with one attached hydrogen (secondary N) is 1. The molecular formula is C13H13BrN4. The minimum Gasteiger partial charge on any atom is -0.380 e. The van der Waals surface area contributed by atoms with Crippen LogP contribution >= 0.6 is 15.9 Å². The number of nitrogens with zero attached hydrogens (tertiary/aromatic N) is 3. The van der Waals surface area contributed by atoms with Gasteiger partial charge in [0.2, 0.25) is 0 Å². The molecule has 5 heteroatoms. The van der Waals surface area contributed by atoms with Crippen LogP contribution < -0.4 is 5.32 Å².